The van der Waals surface area contributed by atoms with E-state index in [2.05, 4.69) is 71.5 Å². The first-order chi connectivity index (χ1) is 14.4. The minimum absolute atomic E-state index is 0.142. The Morgan fingerprint density at radius 3 is 2.13 bits per heavy atom. The van der Waals surface area contributed by atoms with Gasteiger partial charge in [-0.2, -0.15) is 9.78 Å². The van der Waals surface area contributed by atoms with Crippen LogP contribution >= 0.6 is 0 Å². The number of para-hydroxylation sites is 2. The van der Waals surface area contributed by atoms with Gasteiger partial charge in [0.2, 0.25) is 0 Å². The fraction of sp³-hybridized carbons (Fsp3) is 0.304. The molecule has 1 atom stereocenters. The van der Waals surface area contributed by atoms with Crippen molar-refractivity contribution in [2.45, 2.75) is 33.7 Å². The molecule has 0 fully saturated rings. The first-order valence-corrected chi connectivity index (χ1v) is 10.0. The number of rotatable bonds is 5. The molecule has 4 aromatic rings. The van der Waals surface area contributed by atoms with Gasteiger partial charge in [-0.3, -0.25) is 4.90 Å². The van der Waals surface area contributed by atoms with Crippen LogP contribution in [0.1, 0.15) is 39.9 Å². The predicted octanol–water partition coefficient (Wildman–Crippen LogP) is 3.73. The molecule has 2 aromatic carbocycles. The highest BCUT2D eigenvalue weighted by Gasteiger charge is 2.30. The maximum Gasteiger partial charge on any atom is 0.178 e. The molecule has 0 amide bonds. The minimum Gasteiger partial charge on any atom is -0.296 e. The third-order valence-corrected chi connectivity index (χ3v) is 5.53. The van der Waals surface area contributed by atoms with E-state index in [1.165, 1.54) is 0 Å². The van der Waals surface area contributed by atoms with E-state index in [1.54, 1.807) is 0 Å². The van der Waals surface area contributed by atoms with E-state index in [1.807, 2.05) is 48.6 Å². The van der Waals surface area contributed by atoms with Gasteiger partial charge in [-0.1, -0.05) is 36.4 Å². The lowest BCUT2D eigenvalue weighted by atomic mass is 10.0. The average Bonchev–Trinajstić information content (AvgIpc) is 3.29. The number of tetrazole rings is 1. The smallest absolute Gasteiger partial charge is 0.178 e. The maximum atomic E-state index is 4.84. The summed E-state index contributed by atoms with van der Waals surface area (Å²) in [6, 6.07) is 16.3. The number of benzene rings is 2. The lowest BCUT2D eigenvalue weighted by Crippen LogP contribution is -2.26. The molecule has 0 unspecified atom stereocenters. The molecular weight excluding hydrogens is 374 g/mol. The third-order valence-electron chi connectivity index (χ3n) is 5.53. The lowest BCUT2D eigenvalue weighted by Gasteiger charge is -2.25. The fourth-order valence-electron chi connectivity index (χ4n) is 4.15. The number of aryl methyl sites for hydroxylation is 3. The van der Waals surface area contributed by atoms with Crippen molar-refractivity contribution in [3.05, 3.63) is 82.4 Å². The summed E-state index contributed by atoms with van der Waals surface area (Å²) in [5.74, 6) is 0.774. The summed E-state index contributed by atoms with van der Waals surface area (Å²) >= 11 is 0. The molecule has 0 N–H and O–H groups in total. The van der Waals surface area contributed by atoms with E-state index >= 15 is 0 Å². The van der Waals surface area contributed by atoms with Crippen LogP contribution in [-0.4, -0.2) is 49.0 Å². The Hall–Kier alpha value is -3.32. The number of nitrogens with zero attached hydrogens (tertiary/aromatic N) is 7. The highest BCUT2D eigenvalue weighted by Crippen LogP contribution is 2.33. The summed E-state index contributed by atoms with van der Waals surface area (Å²) in [4.78, 5) is 2.14. The Morgan fingerprint density at radius 2 is 1.50 bits per heavy atom. The van der Waals surface area contributed by atoms with Crippen LogP contribution in [0.2, 0.25) is 0 Å². The summed E-state index contributed by atoms with van der Waals surface area (Å²) in [6.07, 6.45) is 0. The monoisotopic (exact) mass is 401 g/mol. The molecule has 4 rings (SSSR count). The van der Waals surface area contributed by atoms with Crippen molar-refractivity contribution >= 4 is 0 Å². The first kappa shape index (κ1) is 20.0. The molecule has 30 heavy (non-hydrogen) atoms. The van der Waals surface area contributed by atoms with Crippen molar-refractivity contribution < 1.29 is 0 Å². The highest BCUT2D eigenvalue weighted by molar-refractivity contribution is 5.48. The fourth-order valence-corrected chi connectivity index (χ4v) is 4.15. The molecule has 0 aliphatic carbocycles. The van der Waals surface area contributed by atoms with E-state index < -0.39 is 0 Å². The van der Waals surface area contributed by atoms with Crippen LogP contribution in [0.3, 0.4) is 0 Å². The van der Waals surface area contributed by atoms with Crippen LogP contribution in [0.5, 0.6) is 0 Å². The molecule has 0 bridgehead atoms. The van der Waals surface area contributed by atoms with Gasteiger partial charge in [-0.05, 0) is 75.5 Å². The van der Waals surface area contributed by atoms with Crippen LogP contribution in [0.15, 0.2) is 48.5 Å². The van der Waals surface area contributed by atoms with Gasteiger partial charge in [-0.15, -0.1) is 5.10 Å². The van der Waals surface area contributed by atoms with Gasteiger partial charge >= 0.3 is 0 Å². The Balaban J connectivity index is 1.90. The Labute approximate surface area is 177 Å². The van der Waals surface area contributed by atoms with Crippen molar-refractivity contribution in [1.29, 1.82) is 0 Å². The summed E-state index contributed by atoms with van der Waals surface area (Å²) in [7, 11) is 4.10. The SMILES string of the molecule is Cc1cccc(C)c1-n1nnnc1[C@H](c1c(C)nn(-c2ccccc2)c1C)N(C)C. The van der Waals surface area contributed by atoms with Gasteiger partial charge in [0, 0.05) is 11.3 Å². The molecule has 7 nitrogen and oxygen atoms in total. The highest BCUT2D eigenvalue weighted by atomic mass is 15.6. The van der Waals surface area contributed by atoms with Crippen molar-refractivity contribution in [3.63, 3.8) is 0 Å². The second kappa shape index (κ2) is 7.84. The topological polar surface area (TPSA) is 64.7 Å². The van der Waals surface area contributed by atoms with Gasteiger partial charge in [-0.25, -0.2) is 4.68 Å². The lowest BCUT2D eigenvalue weighted by molar-refractivity contribution is 0.323. The van der Waals surface area contributed by atoms with Gasteiger partial charge in [0.25, 0.3) is 0 Å². The number of hydrogen-bond donors (Lipinski definition) is 0. The Morgan fingerprint density at radius 1 is 0.833 bits per heavy atom. The van der Waals surface area contributed by atoms with Gasteiger partial charge in [0.1, 0.15) is 6.04 Å². The Bertz CT molecular complexity index is 1150. The van der Waals surface area contributed by atoms with Gasteiger partial charge < -0.3 is 0 Å². The van der Waals surface area contributed by atoms with Crippen LogP contribution in [0.4, 0.5) is 0 Å². The molecule has 0 saturated carbocycles. The average molecular weight is 402 g/mol. The molecule has 7 heteroatoms. The van der Waals surface area contributed by atoms with E-state index in [-0.39, 0.29) is 6.04 Å². The molecule has 0 aliphatic heterocycles. The minimum atomic E-state index is -0.142. The largest absolute Gasteiger partial charge is 0.296 e. The van der Waals surface area contributed by atoms with Crippen molar-refractivity contribution in [2.75, 3.05) is 14.1 Å². The molecule has 0 radical (unpaired) electrons. The van der Waals surface area contributed by atoms with E-state index in [0.717, 1.165) is 45.3 Å². The summed E-state index contributed by atoms with van der Waals surface area (Å²) in [5.41, 5.74) is 7.49. The zero-order valence-electron chi connectivity index (χ0n) is 18.3. The Kier molecular flexibility index (Phi) is 5.22. The van der Waals surface area contributed by atoms with Gasteiger partial charge in [0.05, 0.1) is 17.1 Å². The second-order valence-corrected chi connectivity index (χ2v) is 7.89. The predicted molar refractivity (Wildman–Crippen MR) is 117 cm³/mol. The van der Waals surface area contributed by atoms with Crippen LogP contribution < -0.4 is 0 Å². The molecule has 154 valence electrons. The maximum absolute atomic E-state index is 4.84. The zero-order chi connectivity index (χ0) is 21.4. The van der Waals surface area contributed by atoms with Crippen molar-refractivity contribution in [2.24, 2.45) is 0 Å². The number of aromatic nitrogens is 6. The van der Waals surface area contributed by atoms with E-state index in [9.17, 15) is 0 Å². The normalized spacial score (nSPS) is 12.5. The molecule has 0 saturated heterocycles. The van der Waals surface area contributed by atoms with Crippen LogP contribution in [0.25, 0.3) is 11.4 Å². The van der Waals surface area contributed by atoms with Crippen LogP contribution in [-0.2, 0) is 0 Å². The second-order valence-electron chi connectivity index (χ2n) is 7.89. The van der Waals surface area contributed by atoms with Gasteiger partial charge in [0.15, 0.2) is 5.82 Å². The zero-order valence-corrected chi connectivity index (χ0v) is 18.3. The summed E-state index contributed by atoms with van der Waals surface area (Å²) in [5, 5.41) is 17.7. The summed E-state index contributed by atoms with van der Waals surface area (Å²) < 4.78 is 3.86. The summed E-state index contributed by atoms with van der Waals surface area (Å²) in [6.45, 7) is 8.32. The van der Waals surface area contributed by atoms with E-state index in [4.69, 9.17) is 5.10 Å². The van der Waals surface area contributed by atoms with E-state index in [0.29, 0.717) is 0 Å². The molecule has 0 aliphatic rings. The molecule has 2 aromatic heterocycles. The van der Waals surface area contributed by atoms with Crippen molar-refractivity contribution in [1.82, 2.24) is 34.9 Å². The number of hydrogen-bond acceptors (Lipinski definition) is 5. The molecule has 0 spiro atoms. The standard InChI is InChI=1S/C23H27N7/c1-15-11-10-12-16(2)21(15)30-23(24-26-27-30)22(28(5)6)20-17(3)25-29(18(20)4)19-13-8-7-9-14-19/h7-14,22H,1-6H3/t22-/m0/s1. The van der Waals surface area contributed by atoms with Crippen molar-refractivity contribution in [3.8, 4) is 11.4 Å². The first-order valence-electron chi connectivity index (χ1n) is 10.0. The van der Waals surface area contributed by atoms with Crippen LogP contribution in [0, 0.1) is 27.7 Å². The molecule has 2 heterocycles. The quantitative estimate of drug-likeness (QED) is 0.510. The third kappa shape index (κ3) is 3.31. The molecular formula is C23H27N7.